The lowest BCUT2D eigenvalue weighted by Gasteiger charge is -2.37. The fourth-order valence-electron chi connectivity index (χ4n) is 5.88. The third kappa shape index (κ3) is 5.47. The topological polar surface area (TPSA) is 94.7 Å². The van der Waals surface area contributed by atoms with Gasteiger partial charge in [0.15, 0.2) is 0 Å². The molecule has 2 amide bonds. The van der Waals surface area contributed by atoms with Gasteiger partial charge in [-0.3, -0.25) is 4.90 Å². The highest BCUT2D eigenvalue weighted by Gasteiger charge is 2.60. The first-order valence-corrected chi connectivity index (χ1v) is 13.4. The van der Waals surface area contributed by atoms with E-state index in [2.05, 4.69) is 15.2 Å². The molecule has 2 aromatic rings. The predicted octanol–water partition coefficient (Wildman–Crippen LogP) is 4.17. The number of β-amino-alcohol motifs (C(OH)–C–C–N with tert-alkyl or cyclic N) is 1. The maximum absolute atomic E-state index is 13.7. The van der Waals surface area contributed by atoms with Gasteiger partial charge in [0.05, 0.1) is 16.7 Å². The molecule has 7 nitrogen and oxygen atoms in total. The molecule has 12 heteroatoms. The summed E-state index contributed by atoms with van der Waals surface area (Å²) in [6.45, 7) is 2.66. The summed E-state index contributed by atoms with van der Waals surface area (Å²) in [7, 11) is 0. The van der Waals surface area contributed by atoms with E-state index in [0.29, 0.717) is 44.6 Å². The number of urea groups is 1. The van der Waals surface area contributed by atoms with Crippen molar-refractivity contribution in [1.29, 1.82) is 0 Å². The quantitative estimate of drug-likeness (QED) is 0.458. The predicted molar refractivity (Wildman–Crippen MR) is 132 cm³/mol. The Labute approximate surface area is 216 Å². The second-order valence-electron chi connectivity index (χ2n) is 10.4. The smallest absolute Gasteiger partial charge is 0.392 e. The molecule has 4 N–H and O–H groups in total. The minimum absolute atomic E-state index is 0.0361. The Morgan fingerprint density at radius 3 is 2.81 bits per heavy atom. The summed E-state index contributed by atoms with van der Waals surface area (Å²) in [4.78, 5) is 22.8. The van der Waals surface area contributed by atoms with Gasteiger partial charge in [-0.25, -0.2) is 14.2 Å². The number of hydrogen-bond donors (Lipinski definition) is 3. The third-order valence-electron chi connectivity index (χ3n) is 8.02. The van der Waals surface area contributed by atoms with Crippen LogP contribution in [0.1, 0.15) is 47.6 Å². The highest BCUT2D eigenvalue weighted by atomic mass is 32.1. The number of likely N-dealkylation sites (tertiary alicyclic amines) is 1. The molecule has 1 aromatic heterocycles. The fraction of sp³-hybridized carbons (Fsp3) is 0.600. The Kier molecular flexibility index (Phi) is 7.20. The zero-order valence-electron chi connectivity index (χ0n) is 20.3. The van der Waals surface area contributed by atoms with Crippen LogP contribution in [0, 0.1) is 11.7 Å². The second-order valence-corrected chi connectivity index (χ2v) is 11.5. The lowest BCUT2D eigenvalue weighted by molar-refractivity contribution is -0.139. The summed E-state index contributed by atoms with van der Waals surface area (Å²) in [5.74, 6) is -0.998. The van der Waals surface area contributed by atoms with Gasteiger partial charge in [-0.15, -0.1) is 11.3 Å². The molecular weight excluding hydrogens is 510 g/mol. The van der Waals surface area contributed by atoms with Crippen molar-refractivity contribution >= 4 is 23.1 Å². The van der Waals surface area contributed by atoms with Gasteiger partial charge in [-0.05, 0) is 56.2 Å². The number of nitrogens with two attached hydrogens (primary N) is 1. The highest BCUT2D eigenvalue weighted by Crippen LogP contribution is 2.63. The number of aliphatic hydroxyl groups is 1. The van der Waals surface area contributed by atoms with Gasteiger partial charge in [0, 0.05) is 60.9 Å². The molecule has 0 spiro atoms. The average molecular weight is 542 g/mol. The van der Waals surface area contributed by atoms with Crippen LogP contribution in [0.2, 0.25) is 0 Å². The number of thiazole rings is 1. The number of benzene rings is 1. The number of anilines is 1. The Morgan fingerprint density at radius 2 is 2.16 bits per heavy atom. The summed E-state index contributed by atoms with van der Waals surface area (Å²) in [5.41, 5.74) is 4.28. The largest absolute Gasteiger partial charge is 0.419 e. The van der Waals surface area contributed by atoms with E-state index in [1.54, 1.807) is 16.2 Å². The maximum atomic E-state index is 13.7. The summed E-state index contributed by atoms with van der Waals surface area (Å²) in [5, 5.41) is 13.5. The van der Waals surface area contributed by atoms with E-state index in [-0.39, 0.29) is 23.2 Å². The monoisotopic (exact) mass is 541 g/mol. The number of aliphatic hydroxyl groups excluding tert-OH is 1. The van der Waals surface area contributed by atoms with E-state index in [1.807, 2.05) is 6.20 Å². The van der Waals surface area contributed by atoms with E-state index in [1.165, 1.54) is 0 Å². The van der Waals surface area contributed by atoms with Gasteiger partial charge in [-0.1, -0.05) is 0 Å². The number of fused-ring (bicyclic) bond motifs is 1. The fourth-order valence-corrected chi connectivity index (χ4v) is 6.98. The van der Waals surface area contributed by atoms with Gasteiger partial charge in [-0.2, -0.15) is 13.2 Å². The lowest BCUT2D eigenvalue weighted by atomic mass is 9.85. The number of hydrogen-bond acceptors (Lipinski definition) is 6. The molecule has 2 aliphatic carbocycles. The molecule has 37 heavy (non-hydrogen) atoms. The van der Waals surface area contributed by atoms with Crippen LogP contribution in [0.25, 0.3) is 0 Å². The van der Waals surface area contributed by atoms with Gasteiger partial charge in [0.25, 0.3) is 0 Å². The summed E-state index contributed by atoms with van der Waals surface area (Å²) < 4.78 is 53.3. The van der Waals surface area contributed by atoms with Crippen LogP contribution < -0.4 is 11.1 Å². The minimum atomic E-state index is -4.86. The second kappa shape index (κ2) is 10.1. The van der Waals surface area contributed by atoms with Crippen molar-refractivity contribution < 1.29 is 27.5 Å². The van der Waals surface area contributed by atoms with Gasteiger partial charge < -0.3 is 21.1 Å². The average Bonchev–Trinajstić information content (AvgIpc) is 3.15. The van der Waals surface area contributed by atoms with E-state index >= 15 is 0 Å². The number of amides is 2. The van der Waals surface area contributed by atoms with Crippen LogP contribution >= 0.6 is 11.3 Å². The molecule has 2 unspecified atom stereocenters. The maximum Gasteiger partial charge on any atom is 0.419 e. The van der Waals surface area contributed by atoms with Crippen LogP contribution in [0.5, 0.6) is 0 Å². The van der Waals surface area contributed by atoms with E-state index in [9.17, 15) is 27.5 Å². The first-order valence-electron chi connectivity index (χ1n) is 12.6. The third-order valence-corrected chi connectivity index (χ3v) is 9.26. The molecule has 3 fully saturated rings. The number of aromatic nitrogens is 1. The van der Waals surface area contributed by atoms with Crippen LogP contribution in [-0.4, -0.2) is 64.2 Å². The molecule has 2 saturated carbocycles. The lowest BCUT2D eigenvalue weighted by Crippen LogP contribution is -2.48. The van der Waals surface area contributed by atoms with Crippen molar-refractivity contribution in [2.75, 3.05) is 31.5 Å². The highest BCUT2D eigenvalue weighted by molar-refractivity contribution is 7.11. The minimum Gasteiger partial charge on any atom is -0.392 e. The Hall–Kier alpha value is -2.28. The molecule has 1 aromatic carbocycles. The van der Waals surface area contributed by atoms with Crippen molar-refractivity contribution in [2.24, 2.45) is 11.7 Å². The molecule has 1 saturated heterocycles. The SMILES string of the molecule is NCc1cnc([C@]23CC[C@@H](N(CCN4CCC(O)C4)C(=O)Nc4ccc(F)c(C(F)(F)F)c4)CC2C3)s1. The van der Waals surface area contributed by atoms with Crippen LogP contribution in [0.15, 0.2) is 24.4 Å². The zero-order valence-corrected chi connectivity index (χ0v) is 21.1. The molecule has 0 radical (unpaired) electrons. The van der Waals surface area contributed by atoms with E-state index in [4.69, 9.17) is 5.73 Å². The van der Waals surface area contributed by atoms with Crippen molar-refractivity contribution in [3.8, 4) is 0 Å². The Balaban J connectivity index is 1.30. The zero-order chi connectivity index (χ0) is 26.4. The molecule has 1 aliphatic heterocycles. The first-order chi connectivity index (χ1) is 17.6. The number of nitrogens with zero attached hydrogens (tertiary/aromatic N) is 3. The van der Waals surface area contributed by atoms with Crippen molar-refractivity contribution in [1.82, 2.24) is 14.8 Å². The number of halogens is 4. The van der Waals surface area contributed by atoms with E-state index < -0.39 is 23.6 Å². The first kappa shape index (κ1) is 26.3. The molecule has 3 aliphatic rings. The molecule has 5 rings (SSSR count). The molecule has 0 bridgehead atoms. The summed E-state index contributed by atoms with van der Waals surface area (Å²) in [6.07, 6.45) is 0.668. The standard InChI is InChI=1S/C25H31F4N5O2S/c26-21-2-1-16(10-20(21)25(27,28)29)32-23(36)34(8-7-33-6-4-18(35)14-33)17-3-5-24(11-15(24)9-17)22-31-13-19(12-30)37-22/h1-2,10,13,15,17-18,35H,3-9,11-12,14,30H2,(H,32,36)/t15?,17-,18?,24+/m1/s1. The number of alkyl halides is 3. The van der Waals surface area contributed by atoms with Gasteiger partial charge >= 0.3 is 12.2 Å². The summed E-state index contributed by atoms with van der Waals surface area (Å²) >= 11 is 1.65. The number of rotatable bonds is 7. The van der Waals surface area contributed by atoms with Gasteiger partial charge in [0.1, 0.15) is 5.82 Å². The Bertz CT molecular complexity index is 1140. The Morgan fingerprint density at radius 1 is 1.35 bits per heavy atom. The van der Waals surface area contributed by atoms with Crippen LogP contribution in [0.4, 0.5) is 28.0 Å². The molecule has 4 atom stereocenters. The van der Waals surface area contributed by atoms with Crippen molar-refractivity contribution in [3.63, 3.8) is 0 Å². The summed E-state index contributed by atoms with van der Waals surface area (Å²) in [6, 6.07) is 1.91. The van der Waals surface area contributed by atoms with Crippen molar-refractivity contribution in [2.45, 2.75) is 62.4 Å². The molecule has 2 heterocycles. The number of carbonyl (C=O) groups excluding carboxylic acids is 1. The number of carbonyl (C=O) groups is 1. The normalized spacial score (nSPS) is 27.7. The molecule has 202 valence electrons. The van der Waals surface area contributed by atoms with Crippen molar-refractivity contribution in [3.05, 3.63) is 45.7 Å². The van der Waals surface area contributed by atoms with Gasteiger partial charge in [0.2, 0.25) is 0 Å². The van der Waals surface area contributed by atoms with Crippen LogP contribution in [-0.2, 0) is 18.1 Å². The number of nitrogens with one attached hydrogen (secondary N) is 1. The molecular formula is C25H31F4N5O2S. The van der Waals surface area contributed by atoms with Crippen LogP contribution in [0.3, 0.4) is 0 Å². The van der Waals surface area contributed by atoms with E-state index in [0.717, 1.165) is 54.2 Å².